The second-order valence-corrected chi connectivity index (χ2v) is 6.79. The van der Waals surface area contributed by atoms with Crippen LogP contribution in [0.4, 0.5) is 0 Å². The van der Waals surface area contributed by atoms with Crippen LogP contribution < -0.4 is 5.32 Å². The predicted octanol–water partition coefficient (Wildman–Crippen LogP) is 3.31. The molecule has 0 fully saturated rings. The lowest BCUT2D eigenvalue weighted by Gasteiger charge is -2.16. The molecule has 0 radical (unpaired) electrons. The Bertz CT molecular complexity index is 849. The minimum absolute atomic E-state index is 0.00479. The van der Waals surface area contributed by atoms with Gasteiger partial charge in [-0.15, -0.1) is 10.2 Å². The molecule has 0 saturated heterocycles. The van der Waals surface area contributed by atoms with Crippen molar-refractivity contribution in [2.45, 2.75) is 25.8 Å². The highest BCUT2D eigenvalue weighted by atomic mass is 16.4. The molecule has 0 atom stereocenters. The summed E-state index contributed by atoms with van der Waals surface area (Å²) in [6.07, 6.45) is 1.70. The van der Waals surface area contributed by atoms with E-state index in [1.54, 1.807) is 0 Å². The average Bonchev–Trinajstić information content (AvgIpc) is 3.20. The molecule has 3 rings (SSSR count). The van der Waals surface area contributed by atoms with Gasteiger partial charge in [-0.25, -0.2) is 0 Å². The fourth-order valence-corrected chi connectivity index (χ4v) is 2.91. The van der Waals surface area contributed by atoms with E-state index in [0.29, 0.717) is 31.2 Å². The fourth-order valence-electron chi connectivity index (χ4n) is 2.91. The highest BCUT2D eigenvalue weighted by molar-refractivity contribution is 5.75. The van der Waals surface area contributed by atoms with Crippen molar-refractivity contribution in [3.63, 3.8) is 0 Å². The minimum atomic E-state index is 0.00479. The summed E-state index contributed by atoms with van der Waals surface area (Å²) in [5, 5.41) is 11.0. The zero-order valence-electron chi connectivity index (χ0n) is 16.2. The molecule has 1 heterocycles. The first-order valence-corrected chi connectivity index (χ1v) is 9.57. The van der Waals surface area contributed by atoms with Crippen molar-refractivity contribution in [1.29, 1.82) is 0 Å². The monoisotopic (exact) mass is 378 g/mol. The standard InChI is InChI=1S/C22H26N4O2/c1-26(17-18-9-4-2-5-10-18)16-8-15-23-20(27)13-14-21-24-25-22(28-21)19-11-6-3-7-12-19/h2-7,9-12H,8,13-17H2,1H3,(H,23,27). The van der Waals surface area contributed by atoms with Crippen LogP contribution in [0.2, 0.25) is 0 Å². The van der Waals surface area contributed by atoms with Gasteiger partial charge in [0.1, 0.15) is 0 Å². The summed E-state index contributed by atoms with van der Waals surface area (Å²) < 4.78 is 5.62. The molecule has 0 saturated carbocycles. The third kappa shape index (κ3) is 6.32. The van der Waals surface area contributed by atoms with Crippen LogP contribution in [-0.2, 0) is 17.8 Å². The van der Waals surface area contributed by atoms with Crippen LogP contribution in [0.1, 0.15) is 24.3 Å². The number of nitrogens with one attached hydrogen (secondary N) is 1. The summed E-state index contributed by atoms with van der Waals surface area (Å²) in [7, 11) is 2.09. The Morgan fingerprint density at radius 3 is 2.50 bits per heavy atom. The number of aryl methyl sites for hydroxylation is 1. The maximum Gasteiger partial charge on any atom is 0.247 e. The zero-order valence-corrected chi connectivity index (χ0v) is 16.2. The zero-order chi connectivity index (χ0) is 19.6. The molecule has 0 aliphatic heterocycles. The fraction of sp³-hybridized carbons (Fsp3) is 0.318. The van der Waals surface area contributed by atoms with E-state index in [1.165, 1.54) is 5.56 Å². The minimum Gasteiger partial charge on any atom is -0.421 e. The van der Waals surface area contributed by atoms with E-state index in [1.807, 2.05) is 36.4 Å². The summed E-state index contributed by atoms with van der Waals surface area (Å²) >= 11 is 0. The van der Waals surface area contributed by atoms with Gasteiger partial charge in [-0.2, -0.15) is 0 Å². The predicted molar refractivity (Wildman–Crippen MR) is 108 cm³/mol. The van der Waals surface area contributed by atoms with Crippen LogP contribution in [0.5, 0.6) is 0 Å². The molecule has 3 aromatic rings. The Hall–Kier alpha value is -2.99. The van der Waals surface area contributed by atoms with E-state index in [9.17, 15) is 4.79 Å². The van der Waals surface area contributed by atoms with Crippen LogP contribution in [0, 0.1) is 0 Å². The maximum absolute atomic E-state index is 12.0. The first-order valence-electron chi connectivity index (χ1n) is 9.57. The summed E-state index contributed by atoms with van der Waals surface area (Å²) in [4.78, 5) is 14.3. The number of amides is 1. The molecule has 1 aromatic heterocycles. The molecular formula is C22H26N4O2. The van der Waals surface area contributed by atoms with E-state index in [0.717, 1.165) is 25.1 Å². The van der Waals surface area contributed by atoms with Gasteiger partial charge >= 0.3 is 0 Å². The molecular weight excluding hydrogens is 352 g/mol. The van der Waals surface area contributed by atoms with E-state index >= 15 is 0 Å². The van der Waals surface area contributed by atoms with Crippen molar-refractivity contribution in [1.82, 2.24) is 20.4 Å². The summed E-state index contributed by atoms with van der Waals surface area (Å²) in [6.45, 7) is 2.51. The highest BCUT2D eigenvalue weighted by Gasteiger charge is 2.10. The normalized spacial score (nSPS) is 10.9. The topological polar surface area (TPSA) is 71.3 Å². The van der Waals surface area contributed by atoms with Gasteiger partial charge < -0.3 is 14.6 Å². The molecule has 1 N–H and O–H groups in total. The van der Waals surface area contributed by atoms with Gasteiger partial charge in [0.25, 0.3) is 0 Å². The molecule has 1 amide bonds. The van der Waals surface area contributed by atoms with Gasteiger partial charge in [0.05, 0.1) is 0 Å². The van der Waals surface area contributed by atoms with Gasteiger partial charge in [0.2, 0.25) is 17.7 Å². The third-order valence-electron chi connectivity index (χ3n) is 4.39. The van der Waals surface area contributed by atoms with Gasteiger partial charge in [0.15, 0.2) is 0 Å². The van der Waals surface area contributed by atoms with Crippen molar-refractivity contribution in [3.8, 4) is 11.5 Å². The Kier molecular flexibility index (Phi) is 7.32. The number of aromatic nitrogens is 2. The second kappa shape index (κ2) is 10.4. The molecule has 2 aromatic carbocycles. The number of nitrogens with zero attached hydrogens (tertiary/aromatic N) is 3. The van der Waals surface area contributed by atoms with E-state index in [2.05, 4.69) is 51.7 Å². The van der Waals surface area contributed by atoms with Crippen molar-refractivity contribution >= 4 is 5.91 Å². The SMILES string of the molecule is CN(CCCNC(=O)CCc1nnc(-c2ccccc2)o1)Cc1ccccc1. The Balaban J connectivity index is 1.31. The van der Waals surface area contributed by atoms with E-state index in [4.69, 9.17) is 4.42 Å². The maximum atomic E-state index is 12.0. The van der Waals surface area contributed by atoms with Crippen molar-refractivity contribution in [2.75, 3.05) is 20.1 Å². The molecule has 0 aliphatic carbocycles. The number of hydrogen-bond acceptors (Lipinski definition) is 5. The van der Waals surface area contributed by atoms with E-state index in [-0.39, 0.29) is 5.91 Å². The lowest BCUT2D eigenvalue weighted by atomic mass is 10.2. The average molecular weight is 378 g/mol. The Morgan fingerprint density at radius 1 is 1.04 bits per heavy atom. The first-order chi connectivity index (χ1) is 13.7. The van der Waals surface area contributed by atoms with Gasteiger partial charge in [-0.3, -0.25) is 4.79 Å². The van der Waals surface area contributed by atoms with Crippen LogP contribution in [0.25, 0.3) is 11.5 Å². The molecule has 0 bridgehead atoms. The second-order valence-electron chi connectivity index (χ2n) is 6.79. The summed E-state index contributed by atoms with van der Waals surface area (Å²) in [5.74, 6) is 0.972. The summed E-state index contributed by atoms with van der Waals surface area (Å²) in [5.41, 5.74) is 2.17. The Morgan fingerprint density at radius 2 is 1.75 bits per heavy atom. The van der Waals surface area contributed by atoms with Crippen LogP contribution >= 0.6 is 0 Å². The van der Waals surface area contributed by atoms with Gasteiger partial charge in [-0.1, -0.05) is 48.5 Å². The first kappa shape index (κ1) is 19.8. The number of carbonyl (C=O) groups excluding carboxylic acids is 1. The van der Waals surface area contributed by atoms with Crippen LogP contribution in [0.15, 0.2) is 65.1 Å². The molecule has 28 heavy (non-hydrogen) atoms. The van der Waals surface area contributed by atoms with Crippen molar-refractivity contribution in [3.05, 3.63) is 72.1 Å². The lowest BCUT2D eigenvalue weighted by molar-refractivity contribution is -0.121. The van der Waals surface area contributed by atoms with Crippen LogP contribution in [-0.4, -0.2) is 41.1 Å². The largest absolute Gasteiger partial charge is 0.421 e. The molecule has 0 spiro atoms. The molecule has 0 unspecified atom stereocenters. The highest BCUT2D eigenvalue weighted by Crippen LogP contribution is 2.17. The Labute approximate surface area is 165 Å². The smallest absolute Gasteiger partial charge is 0.247 e. The molecule has 146 valence electrons. The van der Waals surface area contributed by atoms with Gasteiger partial charge in [0, 0.05) is 31.5 Å². The van der Waals surface area contributed by atoms with Gasteiger partial charge in [-0.05, 0) is 37.7 Å². The number of benzene rings is 2. The number of hydrogen-bond donors (Lipinski definition) is 1. The number of carbonyl (C=O) groups is 1. The number of rotatable bonds is 10. The molecule has 6 nitrogen and oxygen atoms in total. The molecule has 6 heteroatoms. The molecule has 0 aliphatic rings. The van der Waals surface area contributed by atoms with E-state index < -0.39 is 0 Å². The van der Waals surface area contributed by atoms with Crippen LogP contribution in [0.3, 0.4) is 0 Å². The third-order valence-corrected chi connectivity index (χ3v) is 4.39. The van der Waals surface area contributed by atoms with Crippen molar-refractivity contribution < 1.29 is 9.21 Å². The summed E-state index contributed by atoms with van der Waals surface area (Å²) in [6, 6.07) is 20.0. The quantitative estimate of drug-likeness (QED) is 0.548. The lowest BCUT2D eigenvalue weighted by Crippen LogP contribution is -2.28. The van der Waals surface area contributed by atoms with Crippen molar-refractivity contribution in [2.24, 2.45) is 0 Å².